The van der Waals surface area contributed by atoms with Crippen LogP contribution in [0.4, 0.5) is 5.69 Å². The van der Waals surface area contributed by atoms with Crippen molar-refractivity contribution in [2.75, 3.05) is 11.4 Å². The largest absolute Gasteiger partial charge is 0.348 e. The number of para-hydroxylation sites is 1. The smallest absolute Gasteiger partial charge is 0.276 e. The van der Waals surface area contributed by atoms with Crippen molar-refractivity contribution in [3.63, 3.8) is 0 Å². The van der Waals surface area contributed by atoms with E-state index in [0.29, 0.717) is 17.9 Å². The van der Waals surface area contributed by atoms with Gasteiger partial charge in [-0.05, 0) is 43.0 Å². The normalized spacial score (nSPS) is 17.3. The van der Waals surface area contributed by atoms with Crippen molar-refractivity contribution in [1.29, 1.82) is 0 Å². The van der Waals surface area contributed by atoms with E-state index in [9.17, 15) is 9.59 Å². The summed E-state index contributed by atoms with van der Waals surface area (Å²) >= 11 is 0. The van der Waals surface area contributed by atoms with Crippen molar-refractivity contribution in [1.82, 2.24) is 10.3 Å². The molecule has 0 radical (unpaired) electrons. The number of hydrogen-bond donors (Lipinski definition) is 1. The van der Waals surface area contributed by atoms with Gasteiger partial charge in [-0.15, -0.1) is 0 Å². The number of anilines is 1. The summed E-state index contributed by atoms with van der Waals surface area (Å²) in [5, 5.41) is 3.10. The Morgan fingerprint density at radius 2 is 1.67 bits per heavy atom. The van der Waals surface area contributed by atoms with E-state index in [1.54, 1.807) is 23.1 Å². The molecule has 0 spiro atoms. The molecule has 2 amide bonds. The summed E-state index contributed by atoms with van der Waals surface area (Å²) in [6, 6.07) is 13.3. The number of hydrogen-bond acceptors (Lipinski definition) is 3. The van der Waals surface area contributed by atoms with Gasteiger partial charge in [-0.25, -0.2) is 4.98 Å². The van der Waals surface area contributed by atoms with Gasteiger partial charge in [0.1, 0.15) is 11.4 Å². The molecule has 0 unspecified atom stereocenters. The lowest BCUT2D eigenvalue weighted by atomic mass is 10.1. The average molecular weight is 363 g/mol. The molecule has 0 atom stereocenters. The number of benzene rings is 1. The second-order valence-corrected chi connectivity index (χ2v) is 7.41. The number of fused-ring (bicyclic) bond motifs is 1. The van der Waals surface area contributed by atoms with Crippen LogP contribution in [0.1, 0.15) is 65.1 Å². The summed E-state index contributed by atoms with van der Waals surface area (Å²) in [4.78, 5) is 31.7. The standard InChI is InChI=1S/C22H25N3O2/c26-21(23-17-9-3-1-2-4-10-17)18-11-7-12-19(24-18)22(27)25-15-14-16-8-5-6-13-20(16)25/h5-8,11-13,17H,1-4,9-10,14-15H2,(H,23,26). The van der Waals surface area contributed by atoms with E-state index < -0.39 is 0 Å². The minimum atomic E-state index is -0.182. The molecule has 1 saturated carbocycles. The van der Waals surface area contributed by atoms with E-state index in [-0.39, 0.29) is 17.9 Å². The topological polar surface area (TPSA) is 62.3 Å². The molecule has 1 aromatic heterocycles. The van der Waals surface area contributed by atoms with Crippen LogP contribution in [-0.2, 0) is 6.42 Å². The van der Waals surface area contributed by atoms with Gasteiger partial charge in [0, 0.05) is 18.3 Å². The fraction of sp³-hybridized carbons (Fsp3) is 0.409. The van der Waals surface area contributed by atoms with E-state index in [1.165, 1.54) is 18.4 Å². The number of pyridine rings is 1. The number of aromatic nitrogens is 1. The average Bonchev–Trinajstić information content (AvgIpc) is 2.97. The zero-order chi connectivity index (χ0) is 18.6. The fourth-order valence-corrected chi connectivity index (χ4v) is 4.05. The summed E-state index contributed by atoms with van der Waals surface area (Å²) in [6.45, 7) is 0.651. The molecular formula is C22H25N3O2. The molecule has 5 nitrogen and oxygen atoms in total. The quantitative estimate of drug-likeness (QED) is 0.845. The van der Waals surface area contributed by atoms with Gasteiger partial charge >= 0.3 is 0 Å². The van der Waals surface area contributed by atoms with Crippen LogP contribution >= 0.6 is 0 Å². The van der Waals surface area contributed by atoms with E-state index >= 15 is 0 Å². The van der Waals surface area contributed by atoms with Crippen LogP contribution < -0.4 is 10.2 Å². The number of rotatable bonds is 3. The lowest BCUT2D eigenvalue weighted by Gasteiger charge is -2.18. The van der Waals surface area contributed by atoms with Crippen LogP contribution in [0.25, 0.3) is 0 Å². The van der Waals surface area contributed by atoms with Crippen LogP contribution in [0, 0.1) is 0 Å². The van der Waals surface area contributed by atoms with Crippen molar-refractivity contribution in [3.8, 4) is 0 Å². The van der Waals surface area contributed by atoms with Crippen molar-refractivity contribution in [2.45, 2.75) is 51.0 Å². The molecule has 1 fully saturated rings. The van der Waals surface area contributed by atoms with Gasteiger partial charge in [-0.3, -0.25) is 9.59 Å². The Morgan fingerprint density at radius 3 is 2.48 bits per heavy atom. The SMILES string of the molecule is O=C(NC1CCCCCC1)c1cccc(C(=O)N2CCc3ccccc32)n1. The molecule has 140 valence electrons. The first-order chi connectivity index (χ1) is 13.2. The Balaban J connectivity index is 1.49. The van der Waals surface area contributed by atoms with Crippen LogP contribution in [-0.4, -0.2) is 29.4 Å². The number of amides is 2. The van der Waals surface area contributed by atoms with Crippen LogP contribution in [0.3, 0.4) is 0 Å². The van der Waals surface area contributed by atoms with E-state index in [4.69, 9.17) is 0 Å². The third-order valence-corrected chi connectivity index (χ3v) is 5.52. The maximum Gasteiger partial charge on any atom is 0.276 e. The highest BCUT2D eigenvalue weighted by molar-refractivity contribution is 6.06. The van der Waals surface area contributed by atoms with Gasteiger partial charge in [0.05, 0.1) is 0 Å². The van der Waals surface area contributed by atoms with Crippen molar-refractivity contribution in [3.05, 3.63) is 59.4 Å². The predicted octanol–water partition coefficient (Wildman–Crippen LogP) is 3.74. The molecule has 27 heavy (non-hydrogen) atoms. The molecule has 2 heterocycles. The maximum absolute atomic E-state index is 13.0. The second kappa shape index (κ2) is 7.91. The summed E-state index contributed by atoms with van der Waals surface area (Å²) < 4.78 is 0. The minimum Gasteiger partial charge on any atom is -0.348 e. The molecule has 1 aliphatic heterocycles. The summed E-state index contributed by atoms with van der Waals surface area (Å²) in [7, 11) is 0. The van der Waals surface area contributed by atoms with Gasteiger partial charge in [-0.2, -0.15) is 0 Å². The minimum absolute atomic E-state index is 0.149. The van der Waals surface area contributed by atoms with E-state index in [1.807, 2.05) is 24.3 Å². The molecule has 1 aliphatic carbocycles. The first-order valence-electron chi connectivity index (χ1n) is 9.90. The highest BCUT2D eigenvalue weighted by atomic mass is 16.2. The van der Waals surface area contributed by atoms with Gasteiger partial charge in [0.25, 0.3) is 11.8 Å². The Kier molecular flexibility index (Phi) is 5.19. The molecule has 5 heteroatoms. The van der Waals surface area contributed by atoms with Gasteiger partial charge in [-0.1, -0.05) is 49.9 Å². The second-order valence-electron chi connectivity index (χ2n) is 7.41. The fourth-order valence-electron chi connectivity index (χ4n) is 4.05. The molecular weight excluding hydrogens is 338 g/mol. The predicted molar refractivity (Wildman–Crippen MR) is 105 cm³/mol. The molecule has 2 aromatic rings. The maximum atomic E-state index is 13.0. The molecule has 1 N–H and O–H groups in total. The number of nitrogens with zero attached hydrogens (tertiary/aromatic N) is 2. The highest BCUT2D eigenvalue weighted by Gasteiger charge is 2.26. The number of carbonyl (C=O) groups is 2. The highest BCUT2D eigenvalue weighted by Crippen LogP contribution is 2.28. The third kappa shape index (κ3) is 3.87. The monoisotopic (exact) mass is 363 g/mol. The Morgan fingerprint density at radius 1 is 0.926 bits per heavy atom. The van der Waals surface area contributed by atoms with Crippen molar-refractivity contribution in [2.24, 2.45) is 0 Å². The van der Waals surface area contributed by atoms with Gasteiger partial charge < -0.3 is 10.2 Å². The number of nitrogens with one attached hydrogen (secondary N) is 1. The Labute approximate surface area is 159 Å². The van der Waals surface area contributed by atoms with Crippen molar-refractivity contribution < 1.29 is 9.59 Å². The van der Waals surface area contributed by atoms with Crippen LogP contribution in [0.5, 0.6) is 0 Å². The Hall–Kier alpha value is -2.69. The van der Waals surface area contributed by atoms with Crippen LogP contribution in [0.15, 0.2) is 42.5 Å². The van der Waals surface area contributed by atoms with E-state index in [0.717, 1.165) is 37.8 Å². The van der Waals surface area contributed by atoms with E-state index in [2.05, 4.69) is 10.3 Å². The Bertz CT molecular complexity index is 841. The lowest BCUT2D eigenvalue weighted by Crippen LogP contribution is -2.35. The molecule has 1 aromatic carbocycles. The summed E-state index contributed by atoms with van der Waals surface area (Å²) in [5.74, 6) is -0.331. The summed E-state index contributed by atoms with van der Waals surface area (Å²) in [6.07, 6.45) is 7.70. The third-order valence-electron chi connectivity index (χ3n) is 5.52. The molecule has 0 saturated heterocycles. The lowest BCUT2D eigenvalue weighted by molar-refractivity contribution is 0.0928. The van der Waals surface area contributed by atoms with Gasteiger partial charge in [0.2, 0.25) is 0 Å². The molecule has 4 rings (SSSR count). The summed E-state index contributed by atoms with van der Waals surface area (Å²) in [5.41, 5.74) is 2.75. The molecule has 0 bridgehead atoms. The van der Waals surface area contributed by atoms with Crippen molar-refractivity contribution >= 4 is 17.5 Å². The zero-order valence-corrected chi connectivity index (χ0v) is 15.5. The number of carbonyl (C=O) groups excluding carboxylic acids is 2. The zero-order valence-electron chi connectivity index (χ0n) is 15.5. The first kappa shape index (κ1) is 17.7. The first-order valence-corrected chi connectivity index (χ1v) is 9.90. The van der Waals surface area contributed by atoms with Crippen LogP contribution in [0.2, 0.25) is 0 Å². The molecule has 2 aliphatic rings. The van der Waals surface area contributed by atoms with Gasteiger partial charge in [0.15, 0.2) is 0 Å².